The Balaban J connectivity index is 1.32. The molecule has 8 heteroatoms. The minimum atomic E-state index is -3.75. The van der Waals surface area contributed by atoms with Gasteiger partial charge in [-0.1, -0.05) is 42.8 Å². The highest BCUT2D eigenvalue weighted by molar-refractivity contribution is 7.89. The molecule has 7 nitrogen and oxygen atoms in total. The average molecular weight is 481 g/mol. The first-order chi connectivity index (χ1) is 16.5. The molecule has 4 rings (SSSR count). The lowest BCUT2D eigenvalue weighted by molar-refractivity contribution is -0.126. The van der Waals surface area contributed by atoms with Crippen LogP contribution in [0.1, 0.15) is 48.8 Å². The zero-order valence-corrected chi connectivity index (χ0v) is 20.3. The largest absolute Gasteiger partial charge is 0.352 e. The van der Waals surface area contributed by atoms with Crippen molar-refractivity contribution in [1.29, 1.82) is 5.26 Å². The van der Waals surface area contributed by atoms with Gasteiger partial charge in [-0.05, 0) is 62.0 Å². The van der Waals surface area contributed by atoms with Crippen LogP contribution in [0.25, 0.3) is 0 Å². The Morgan fingerprint density at radius 2 is 1.59 bits per heavy atom. The van der Waals surface area contributed by atoms with Crippen LogP contribution in [0.5, 0.6) is 0 Å². The van der Waals surface area contributed by atoms with Gasteiger partial charge in [0.05, 0.1) is 10.5 Å². The van der Waals surface area contributed by atoms with Gasteiger partial charge in [0.15, 0.2) is 0 Å². The van der Waals surface area contributed by atoms with Crippen molar-refractivity contribution >= 4 is 15.9 Å². The highest BCUT2D eigenvalue weighted by atomic mass is 32.2. The smallest absolute Gasteiger partial charge is 0.244 e. The number of likely N-dealkylation sites (tertiary alicyclic amines) is 1. The minimum absolute atomic E-state index is 0.0257. The van der Waals surface area contributed by atoms with E-state index in [1.54, 1.807) is 12.1 Å². The number of nitriles is 1. The van der Waals surface area contributed by atoms with Gasteiger partial charge in [0.25, 0.3) is 0 Å². The van der Waals surface area contributed by atoms with Crippen LogP contribution in [-0.2, 0) is 27.9 Å². The third-order valence-corrected chi connectivity index (χ3v) is 8.82. The summed E-state index contributed by atoms with van der Waals surface area (Å²) in [5.74, 6) is -0.242. The number of hydrogen-bond donors (Lipinski definition) is 1. The van der Waals surface area contributed by atoms with Crippen molar-refractivity contribution in [2.75, 3.05) is 26.2 Å². The van der Waals surface area contributed by atoms with Crippen molar-refractivity contribution in [3.8, 4) is 6.07 Å². The lowest BCUT2D eigenvalue weighted by Gasteiger charge is -2.31. The summed E-state index contributed by atoms with van der Waals surface area (Å²) in [6.07, 6.45) is 4.73. The molecule has 2 aliphatic rings. The first-order valence-electron chi connectivity index (χ1n) is 12.0. The van der Waals surface area contributed by atoms with E-state index in [0.29, 0.717) is 19.4 Å². The Morgan fingerprint density at radius 1 is 0.941 bits per heavy atom. The molecule has 2 saturated heterocycles. The summed E-state index contributed by atoms with van der Waals surface area (Å²) in [5, 5.41) is 12.4. The van der Waals surface area contributed by atoms with Crippen molar-refractivity contribution in [3.63, 3.8) is 0 Å². The van der Waals surface area contributed by atoms with Gasteiger partial charge in [0, 0.05) is 32.1 Å². The molecule has 2 aromatic rings. The van der Waals surface area contributed by atoms with Crippen molar-refractivity contribution in [3.05, 3.63) is 65.2 Å². The highest BCUT2D eigenvalue weighted by Gasteiger charge is 2.33. The summed E-state index contributed by atoms with van der Waals surface area (Å²) in [6.45, 7) is 4.18. The Kier molecular flexibility index (Phi) is 7.99. The molecule has 0 unspecified atom stereocenters. The number of amides is 1. The van der Waals surface area contributed by atoms with Gasteiger partial charge in [-0.15, -0.1) is 0 Å². The van der Waals surface area contributed by atoms with Gasteiger partial charge < -0.3 is 5.32 Å². The molecule has 1 N–H and O–H groups in total. The zero-order chi connectivity index (χ0) is 24.0. The van der Waals surface area contributed by atoms with E-state index in [0.717, 1.165) is 25.2 Å². The number of piperidine rings is 2. The normalized spacial score (nSPS) is 18.3. The molecule has 0 aromatic heterocycles. The Hall–Kier alpha value is -2.73. The Labute approximate surface area is 202 Å². The van der Waals surface area contributed by atoms with Gasteiger partial charge in [0.2, 0.25) is 15.9 Å². The fraction of sp³-hybridized carbons (Fsp3) is 0.462. The standard InChI is InChI=1S/C26H32N4O3S/c27-18-22-8-4-5-11-25(22)34(32,33)30-16-12-21(13-17-30)26(31)28-19-23-9-2-3-10-24(23)20-29-14-6-1-7-15-29/h2-5,8-11,21H,1,6-7,12-17,19-20H2,(H,28,31). The van der Waals surface area contributed by atoms with Crippen LogP contribution in [0.15, 0.2) is 53.4 Å². The summed E-state index contributed by atoms with van der Waals surface area (Å²) < 4.78 is 27.4. The summed E-state index contributed by atoms with van der Waals surface area (Å²) in [4.78, 5) is 15.4. The first-order valence-corrected chi connectivity index (χ1v) is 13.5. The van der Waals surface area contributed by atoms with Crippen LogP contribution >= 0.6 is 0 Å². The van der Waals surface area contributed by atoms with E-state index in [4.69, 9.17) is 0 Å². The van der Waals surface area contributed by atoms with Crippen LogP contribution < -0.4 is 5.32 Å². The number of rotatable bonds is 7. The van der Waals surface area contributed by atoms with Gasteiger partial charge in [-0.3, -0.25) is 9.69 Å². The lowest BCUT2D eigenvalue weighted by Crippen LogP contribution is -2.43. The fourth-order valence-corrected chi connectivity index (χ4v) is 6.46. The van der Waals surface area contributed by atoms with E-state index >= 15 is 0 Å². The maximum Gasteiger partial charge on any atom is 0.244 e. The number of nitrogens with zero attached hydrogens (tertiary/aromatic N) is 3. The fourth-order valence-electron chi connectivity index (χ4n) is 4.85. The van der Waals surface area contributed by atoms with E-state index in [9.17, 15) is 18.5 Å². The minimum Gasteiger partial charge on any atom is -0.352 e. The van der Waals surface area contributed by atoms with Crippen LogP contribution in [-0.4, -0.2) is 49.7 Å². The molecular weight excluding hydrogens is 448 g/mol. The van der Waals surface area contributed by atoms with Gasteiger partial charge in [-0.25, -0.2) is 8.42 Å². The van der Waals surface area contributed by atoms with Gasteiger partial charge >= 0.3 is 0 Å². The second-order valence-corrected chi connectivity index (χ2v) is 11.0. The van der Waals surface area contributed by atoms with Crippen LogP contribution in [0.3, 0.4) is 0 Å². The van der Waals surface area contributed by atoms with E-state index in [1.165, 1.54) is 41.3 Å². The van der Waals surface area contributed by atoms with Crippen molar-refractivity contribution in [2.45, 2.75) is 50.1 Å². The topological polar surface area (TPSA) is 93.5 Å². The van der Waals surface area contributed by atoms with Gasteiger partial charge in [-0.2, -0.15) is 9.57 Å². The molecular formula is C26H32N4O3S. The molecule has 0 atom stereocenters. The third kappa shape index (κ3) is 5.66. The summed E-state index contributed by atoms with van der Waals surface area (Å²) >= 11 is 0. The molecule has 34 heavy (non-hydrogen) atoms. The molecule has 0 aliphatic carbocycles. The predicted molar refractivity (Wildman–Crippen MR) is 130 cm³/mol. The summed E-state index contributed by atoms with van der Waals surface area (Å²) in [6, 6.07) is 16.5. The molecule has 0 saturated carbocycles. The van der Waals surface area contributed by atoms with E-state index < -0.39 is 10.0 Å². The Bertz CT molecular complexity index is 1140. The maximum atomic E-state index is 13.0. The second-order valence-electron chi connectivity index (χ2n) is 9.11. The van der Waals surface area contributed by atoms with Gasteiger partial charge in [0.1, 0.15) is 6.07 Å². The monoisotopic (exact) mass is 480 g/mol. The van der Waals surface area contributed by atoms with E-state index in [-0.39, 0.29) is 35.4 Å². The Morgan fingerprint density at radius 3 is 2.29 bits per heavy atom. The molecule has 2 fully saturated rings. The number of nitrogens with one attached hydrogen (secondary N) is 1. The molecule has 0 radical (unpaired) electrons. The van der Waals surface area contributed by atoms with Crippen molar-refractivity contribution in [2.24, 2.45) is 5.92 Å². The van der Waals surface area contributed by atoms with Crippen LogP contribution in [0.2, 0.25) is 0 Å². The van der Waals surface area contributed by atoms with Crippen LogP contribution in [0, 0.1) is 17.2 Å². The summed E-state index contributed by atoms with van der Waals surface area (Å²) in [5.41, 5.74) is 2.53. The van der Waals surface area contributed by atoms with Crippen LogP contribution in [0.4, 0.5) is 0 Å². The zero-order valence-electron chi connectivity index (χ0n) is 19.4. The lowest BCUT2D eigenvalue weighted by atomic mass is 9.97. The second kappa shape index (κ2) is 11.1. The SMILES string of the molecule is N#Cc1ccccc1S(=O)(=O)N1CCC(C(=O)NCc2ccccc2CN2CCCCC2)CC1. The number of carbonyl (C=O) groups excluding carboxylic acids is 1. The molecule has 2 aromatic carbocycles. The van der Waals surface area contributed by atoms with E-state index in [1.807, 2.05) is 18.2 Å². The molecule has 180 valence electrons. The first kappa shape index (κ1) is 24.4. The number of carbonyl (C=O) groups is 1. The molecule has 0 spiro atoms. The molecule has 1 amide bonds. The molecule has 2 heterocycles. The number of sulfonamides is 1. The number of benzene rings is 2. The van der Waals surface area contributed by atoms with Crippen molar-refractivity contribution in [1.82, 2.24) is 14.5 Å². The molecule has 2 aliphatic heterocycles. The summed E-state index contributed by atoms with van der Waals surface area (Å²) in [7, 11) is -3.75. The van der Waals surface area contributed by atoms with E-state index in [2.05, 4.69) is 22.3 Å². The third-order valence-electron chi connectivity index (χ3n) is 6.86. The van der Waals surface area contributed by atoms with Crippen molar-refractivity contribution < 1.29 is 13.2 Å². The predicted octanol–water partition coefficient (Wildman–Crippen LogP) is 3.26. The average Bonchev–Trinajstić information content (AvgIpc) is 2.88. The maximum absolute atomic E-state index is 13.0. The number of hydrogen-bond acceptors (Lipinski definition) is 5. The molecule has 0 bridgehead atoms. The quantitative estimate of drug-likeness (QED) is 0.657. The highest BCUT2D eigenvalue weighted by Crippen LogP contribution is 2.26.